The lowest BCUT2D eigenvalue weighted by Gasteiger charge is -2.34. The van der Waals surface area contributed by atoms with E-state index in [-0.39, 0.29) is 29.8 Å². The van der Waals surface area contributed by atoms with Crippen molar-refractivity contribution in [3.63, 3.8) is 0 Å². The number of anilines is 2. The first-order chi connectivity index (χ1) is 17.8. The van der Waals surface area contributed by atoms with Gasteiger partial charge in [-0.05, 0) is 38.8 Å². The number of carbonyl (C=O) groups excluding carboxylic acids is 1. The molecule has 0 atom stereocenters. The van der Waals surface area contributed by atoms with Crippen molar-refractivity contribution in [2.45, 2.75) is 27.2 Å². The van der Waals surface area contributed by atoms with Gasteiger partial charge in [0.25, 0.3) is 0 Å². The molecule has 2 aromatic rings. The third-order valence-electron chi connectivity index (χ3n) is 6.48. The first-order valence-corrected chi connectivity index (χ1v) is 12.3. The average Bonchev–Trinajstić information content (AvgIpc) is 3.49. The Labute approximate surface area is 214 Å². The quantitative estimate of drug-likeness (QED) is 0.621. The van der Waals surface area contributed by atoms with Gasteiger partial charge in [-0.1, -0.05) is 23.8 Å². The van der Waals surface area contributed by atoms with E-state index in [1.807, 2.05) is 43.9 Å². The molecule has 1 aromatic heterocycles. The lowest BCUT2D eigenvalue weighted by molar-refractivity contribution is -0.130. The SMILES string of the molecule is C/C=C/C1=CC(Nc2cc(N3CCN(CC)C(=O)C3)nc(Oc3cc(F)c4c(c3F)C=C(C)C4)n2)=NC1. The molecule has 0 bridgehead atoms. The summed E-state index contributed by atoms with van der Waals surface area (Å²) in [4.78, 5) is 29.4. The van der Waals surface area contributed by atoms with Crippen molar-refractivity contribution < 1.29 is 18.3 Å². The first kappa shape index (κ1) is 24.6. The van der Waals surface area contributed by atoms with Crippen LogP contribution in [0.4, 0.5) is 20.4 Å². The van der Waals surface area contributed by atoms with Crippen LogP contribution in [0.1, 0.15) is 31.9 Å². The second kappa shape index (κ2) is 10.1. The van der Waals surface area contributed by atoms with Gasteiger partial charge < -0.3 is 19.9 Å². The molecular formula is C27H28F2N6O2. The normalized spacial score (nSPS) is 17.2. The van der Waals surface area contributed by atoms with E-state index in [1.54, 1.807) is 17.0 Å². The standard InChI is InChI=1S/C27H28F2N6O2/c1-4-6-17-11-22(30-14-17)31-23-13-24(35-8-7-34(5-2)25(36)15-35)33-27(32-23)37-21-12-20(28)18-9-16(3)10-19(18)26(21)29/h4,6,10-13H,5,7-9,14-15H2,1-3H3,(H,30,31,32,33)/b6-4+. The highest BCUT2D eigenvalue weighted by Gasteiger charge is 2.26. The molecule has 2 aliphatic heterocycles. The van der Waals surface area contributed by atoms with E-state index < -0.39 is 11.6 Å². The molecule has 0 unspecified atom stereocenters. The predicted octanol–water partition coefficient (Wildman–Crippen LogP) is 4.50. The van der Waals surface area contributed by atoms with Crippen LogP contribution in [0.5, 0.6) is 11.8 Å². The molecule has 3 heterocycles. The van der Waals surface area contributed by atoms with Crippen LogP contribution in [-0.2, 0) is 11.2 Å². The third-order valence-corrected chi connectivity index (χ3v) is 6.48. The van der Waals surface area contributed by atoms with Crippen LogP contribution in [0.2, 0.25) is 0 Å². The molecule has 3 aliphatic rings. The maximum Gasteiger partial charge on any atom is 0.326 e. The van der Waals surface area contributed by atoms with Gasteiger partial charge in [-0.2, -0.15) is 9.97 Å². The fraction of sp³-hybridized carbons (Fsp3) is 0.333. The summed E-state index contributed by atoms with van der Waals surface area (Å²) in [5, 5.41) is 3.15. The predicted molar refractivity (Wildman–Crippen MR) is 139 cm³/mol. The minimum absolute atomic E-state index is 0.0164. The molecular weight excluding hydrogens is 478 g/mol. The van der Waals surface area contributed by atoms with Gasteiger partial charge in [0.15, 0.2) is 11.6 Å². The van der Waals surface area contributed by atoms with E-state index >= 15 is 4.39 Å². The van der Waals surface area contributed by atoms with Gasteiger partial charge in [-0.15, -0.1) is 0 Å². The van der Waals surface area contributed by atoms with Crippen molar-refractivity contribution in [1.82, 2.24) is 14.9 Å². The zero-order chi connectivity index (χ0) is 26.1. The number of hydrogen-bond donors (Lipinski definition) is 1. The number of rotatable bonds is 6. The molecule has 1 aromatic carbocycles. The van der Waals surface area contributed by atoms with E-state index in [0.717, 1.165) is 17.2 Å². The number of halogens is 2. The number of hydrogen-bond acceptors (Lipinski definition) is 7. The molecule has 1 aliphatic carbocycles. The Morgan fingerprint density at radius 2 is 2.03 bits per heavy atom. The Balaban J connectivity index is 1.48. The second-order valence-corrected chi connectivity index (χ2v) is 9.17. The lowest BCUT2D eigenvalue weighted by Crippen LogP contribution is -2.50. The number of allylic oxidation sites excluding steroid dienone is 2. The third kappa shape index (κ3) is 5.09. The Morgan fingerprint density at radius 3 is 2.78 bits per heavy atom. The number of aliphatic imine (C=N–C) groups is 1. The first-order valence-electron chi connectivity index (χ1n) is 12.3. The number of likely N-dealkylation sites (N-methyl/N-ethyl adjacent to an activating group) is 1. The molecule has 1 fully saturated rings. The topological polar surface area (TPSA) is 83.0 Å². The number of benzene rings is 1. The number of amides is 1. The zero-order valence-corrected chi connectivity index (χ0v) is 21.0. The van der Waals surface area contributed by atoms with Gasteiger partial charge in [-0.25, -0.2) is 8.78 Å². The van der Waals surface area contributed by atoms with Crippen LogP contribution < -0.4 is 15.0 Å². The highest BCUT2D eigenvalue weighted by molar-refractivity contribution is 6.05. The smallest absolute Gasteiger partial charge is 0.326 e. The molecule has 5 rings (SSSR count). The fourth-order valence-corrected chi connectivity index (χ4v) is 4.63. The number of carbonyl (C=O) groups is 1. The Bertz CT molecular complexity index is 1380. The summed E-state index contributed by atoms with van der Waals surface area (Å²) in [6.07, 6.45) is 7.79. The van der Waals surface area contributed by atoms with Gasteiger partial charge in [0.05, 0.1) is 13.1 Å². The Morgan fingerprint density at radius 1 is 1.19 bits per heavy atom. The molecule has 1 N–H and O–H groups in total. The summed E-state index contributed by atoms with van der Waals surface area (Å²) in [5.41, 5.74) is 2.41. The number of nitrogens with zero attached hydrogens (tertiary/aromatic N) is 5. The highest BCUT2D eigenvalue weighted by Crippen LogP contribution is 2.36. The van der Waals surface area contributed by atoms with Crippen molar-refractivity contribution in [2.24, 2.45) is 4.99 Å². The molecule has 192 valence electrons. The molecule has 0 saturated carbocycles. The summed E-state index contributed by atoms with van der Waals surface area (Å²) < 4.78 is 35.7. The van der Waals surface area contributed by atoms with E-state index in [2.05, 4.69) is 20.3 Å². The number of fused-ring (bicyclic) bond motifs is 1. The summed E-state index contributed by atoms with van der Waals surface area (Å²) in [5.74, 6) is -0.126. The Hall–Kier alpha value is -4.08. The van der Waals surface area contributed by atoms with E-state index in [9.17, 15) is 9.18 Å². The summed E-state index contributed by atoms with van der Waals surface area (Å²) in [6.45, 7) is 8.12. The zero-order valence-electron chi connectivity index (χ0n) is 21.0. The van der Waals surface area contributed by atoms with Crippen molar-refractivity contribution in [1.29, 1.82) is 0 Å². The van der Waals surface area contributed by atoms with Crippen LogP contribution >= 0.6 is 0 Å². The van der Waals surface area contributed by atoms with Crippen molar-refractivity contribution >= 4 is 29.5 Å². The second-order valence-electron chi connectivity index (χ2n) is 9.17. The molecule has 37 heavy (non-hydrogen) atoms. The lowest BCUT2D eigenvalue weighted by atomic mass is 10.1. The van der Waals surface area contributed by atoms with E-state index in [4.69, 9.17) is 4.74 Å². The Kier molecular flexibility index (Phi) is 6.73. The highest BCUT2D eigenvalue weighted by atomic mass is 19.1. The molecule has 10 heteroatoms. The van der Waals surface area contributed by atoms with Crippen LogP contribution in [0.3, 0.4) is 0 Å². The van der Waals surface area contributed by atoms with E-state index in [0.29, 0.717) is 55.6 Å². The van der Waals surface area contributed by atoms with Gasteiger partial charge >= 0.3 is 6.01 Å². The van der Waals surface area contributed by atoms with Crippen LogP contribution in [0.25, 0.3) is 6.08 Å². The maximum atomic E-state index is 15.2. The van der Waals surface area contributed by atoms with Crippen LogP contribution in [-0.4, -0.2) is 59.3 Å². The minimum Gasteiger partial charge on any atom is -0.421 e. The summed E-state index contributed by atoms with van der Waals surface area (Å²) in [6, 6.07) is 2.55. The maximum absolute atomic E-state index is 15.2. The van der Waals surface area contributed by atoms with Gasteiger partial charge in [0.2, 0.25) is 5.91 Å². The van der Waals surface area contributed by atoms with Gasteiger partial charge in [0, 0.05) is 42.9 Å². The summed E-state index contributed by atoms with van der Waals surface area (Å²) >= 11 is 0. The number of aromatic nitrogens is 2. The monoisotopic (exact) mass is 506 g/mol. The van der Waals surface area contributed by atoms with Gasteiger partial charge in [0.1, 0.15) is 23.3 Å². The van der Waals surface area contributed by atoms with Crippen LogP contribution in [0, 0.1) is 11.6 Å². The molecule has 1 saturated heterocycles. The summed E-state index contributed by atoms with van der Waals surface area (Å²) in [7, 11) is 0. The van der Waals surface area contributed by atoms with Crippen LogP contribution in [0.15, 0.2) is 46.5 Å². The molecule has 8 nitrogen and oxygen atoms in total. The number of amidine groups is 1. The largest absolute Gasteiger partial charge is 0.421 e. The number of ether oxygens (including phenoxy) is 1. The molecule has 0 radical (unpaired) electrons. The fourth-order valence-electron chi connectivity index (χ4n) is 4.63. The van der Waals surface area contributed by atoms with E-state index in [1.165, 1.54) is 0 Å². The van der Waals surface area contributed by atoms with Crippen molar-refractivity contribution in [3.05, 3.63) is 64.3 Å². The molecule has 0 spiro atoms. The van der Waals surface area contributed by atoms with Gasteiger partial charge in [-0.3, -0.25) is 9.79 Å². The minimum atomic E-state index is -0.664. The van der Waals surface area contributed by atoms with Crippen molar-refractivity contribution in [2.75, 3.05) is 42.9 Å². The number of nitrogens with one attached hydrogen (secondary N) is 1. The average molecular weight is 507 g/mol. The molecule has 1 amide bonds. The number of piperazine rings is 1. The van der Waals surface area contributed by atoms with Crippen molar-refractivity contribution in [3.8, 4) is 11.8 Å².